The van der Waals surface area contributed by atoms with E-state index in [1.54, 1.807) is 4.90 Å². The van der Waals surface area contributed by atoms with E-state index in [1.807, 2.05) is 24.6 Å². The fourth-order valence-electron chi connectivity index (χ4n) is 2.59. The minimum Gasteiger partial charge on any atom is -0.368 e. The molecule has 1 saturated heterocycles. The molecule has 2 N–H and O–H groups in total. The SMILES string of the molecule is NC(=O)C1[CH]CCCN1C(=O)CCCc1ccccc1. The predicted octanol–water partition coefficient (Wildman–Crippen LogP) is 1.69. The van der Waals surface area contributed by atoms with Crippen molar-refractivity contribution < 1.29 is 9.59 Å². The van der Waals surface area contributed by atoms with Gasteiger partial charge in [-0.15, -0.1) is 0 Å². The van der Waals surface area contributed by atoms with Gasteiger partial charge in [0.2, 0.25) is 11.8 Å². The number of piperidine rings is 1. The average molecular weight is 273 g/mol. The molecule has 0 aromatic heterocycles. The Labute approximate surface area is 119 Å². The quantitative estimate of drug-likeness (QED) is 0.887. The molecule has 1 unspecified atom stereocenters. The molecule has 2 rings (SSSR count). The summed E-state index contributed by atoms with van der Waals surface area (Å²) in [6.07, 6.45) is 5.75. The van der Waals surface area contributed by atoms with Gasteiger partial charge in [-0.3, -0.25) is 9.59 Å². The summed E-state index contributed by atoms with van der Waals surface area (Å²) in [5, 5.41) is 0. The van der Waals surface area contributed by atoms with Gasteiger partial charge in [0.1, 0.15) is 6.04 Å². The molecule has 1 aromatic rings. The van der Waals surface area contributed by atoms with Crippen LogP contribution in [0, 0.1) is 6.42 Å². The standard InChI is InChI=1S/C16H21N2O2/c17-16(20)14-10-4-5-12-18(14)15(19)11-6-9-13-7-2-1-3-8-13/h1-3,7-8,10,14H,4-6,9,11-12H2,(H2,17,20). The van der Waals surface area contributed by atoms with Crippen molar-refractivity contribution in [2.75, 3.05) is 6.54 Å². The molecule has 0 saturated carbocycles. The minimum absolute atomic E-state index is 0.0284. The van der Waals surface area contributed by atoms with Crippen LogP contribution < -0.4 is 5.73 Å². The Morgan fingerprint density at radius 3 is 2.70 bits per heavy atom. The number of aryl methyl sites for hydroxylation is 1. The number of nitrogens with zero attached hydrogens (tertiary/aromatic N) is 1. The second kappa shape index (κ2) is 7.08. The van der Waals surface area contributed by atoms with E-state index in [0.29, 0.717) is 13.0 Å². The van der Waals surface area contributed by atoms with Crippen LogP contribution in [-0.2, 0) is 16.0 Å². The normalized spacial score (nSPS) is 18.8. The van der Waals surface area contributed by atoms with Crippen LogP contribution >= 0.6 is 0 Å². The van der Waals surface area contributed by atoms with E-state index in [2.05, 4.69) is 12.1 Å². The second-order valence-corrected chi connectivity index (χ2v) is 5.15. The van der Waals surface area contributed by atoms with Crippen LogP contribution in [0.1, 0.15) is 31.2 Å². The monoisotopic (exact) mass is 273 g/mol. The van der Waals surface area contributed by atoms with Crippen LogP contribution in [0.2, 0.25) is 0 Å². The topological polar surface area (TPSA) is 63.4 Å². The third kappa shape index (κ3) is 3.83. The first-order valence-electron chi connectivity index (χ1n) is 7.14. The van der Waals surface area contributed by atoms with E-state index in [0.717, 1.165) is 25.7 Å². The maximum Gasteiger partial charge on any atom is 0.240 e. The Bertz CT molecular complexity index is 459. The minimum atomic E-state index is -0.520. The van der Waals surface area contributed by atoms with E-state index >= 15 is 0 Å². The highest BCUT2D eigenvalue weighted by Crippen LogP contribution is 2.17. The smallest absolute Gasteiger partial charge is 0.240 e. The summed E-state index contributed by atoms with van der Waals surface area (Å²) in [5.41, 5.74) is 6.58. The van der Waals surface area contributed by atoms with Crippen molar-refractivity contribution in [3.63, 3.8) is 0 Å². The van der Waals surface area contributed by atoms with Gasteiger partial charge in [0.25, 0.3) is 0 Å². The van der Waals surface area contributed by atoms with Crippen LogP contribution in [0.4, 0.5) is 0 Å². The van der Waals surface area contributed by atoms with Gasteiger partial charge in [0.15, 0.2) is 0 Å². The van der Waals surface area contributed by atoms with Gasteiger partial charge >= 0.3 is 0 Å². The Balaban J connectivity index is 1.83. The number of likely N-dealkylation sites (tertiary alicyclic amines) is 1. The van der Waals surface area contributed by atoms with Crippen LogP contribution in [-0.4, -0.2) is 29.3 Å². The summed E-state index contributed by atoms with van der Waals surface area (Å²) in [4.78, 5) is 25.2. The molecule has 0 bridgehead atoms. The average Bonchev–Trinajstić information content (AvgIpc) is 2.48. The number of amides is 2. The van der Waals surface area contributed by atoms with Gasteiger partial charge in [0, 0.05) is 13.0 Å². The molecule has 1 aromatic carbocycles. The number of benzene rings is 1. The molecule has 0 spiro atoms. The first-order valence-corrected chi connectivity index (χ1v) is 7.14. The zero-order valence-corrected chi connectivity index (χ0v) is 11.6. The lowest BCUT2D eigenvalue weighted by atomic mass is 10.0. The van der Waals surface area contributed by atoms with Gasteiger partial charge < -0.3 is 10.6 Å². The molecule has 107 valence electrons. The number of nitrogens with two attached hydrogens (primary N) is 1. The summed E-state index contributed by atoms with van der Waals surface area (Å²) in [6, 6.07) is 9.58. The largest absolute Gasteiger partial charge is 0.368 e. The molecule has 1 aliphatic rings. The Kier molecular flexibility index (Phi) is 5.16. The van der Waals surface area contributed by atoms with Crippen molar-refractivity contribution in [3.05, 3.63) is 42.3 Å². The fourth-order valence-corrected chi connectivity index (χ4v) is 2.59. The zero-order valence-electron chi connectivity index (χ0n) is 11.6. The van der Waals surface area contributed by atoms with Crippen molar-refractivity contribution >= 4 is 11.8 Å². The molecular weight excluding hydrogens is 252 g/mol. The first-order chi connectivity index (χ1) is 9.68. The van der Waals surface area contributed by atoms with Gasteiger partial charge in [0.05, 0.1) is 0 Å². The lowest BCUT2D eigenvalue weighted by molar-refractivity contribution is -0.139. The summed E-state index contributed by atoms with van der Waals surface area (Å²) in [7, 11) is 0. The Morgan fingerprint density at radius 1 is 1.25 bits per heavy atom. The van der Waals surface area contributed by atoms with E-state index in [4.69, 9.17) is 5.73 Å². The van der Waals surface area contributed by atoms with Crippen molar-refractivity contribution in [1.82, 2.24) is 4.90 Å². The molecule has 1 radical (unpaired) electrons. The number of hydrogen-bond acceptors (Lipinski definition) is 2. The Morgan fingerprint density at radius 2 is 2.00 bits per heavy atom. The van der Waals surface area contributed by atoms with E-state index < -0.39 is 11.9 Å². The number of carbonyl (C=O) groups excluding carboxylic acids is 2. The molecule has 0 aliphatic carbocycles. The van der Waals surface area contributed by atoms with Crippen LogP contribution in [0.3, 0.4) is 0 Å². The zero-order chi connectivity index (χ0) is 14.4. The highest BCUT2D eigenvalue weighted by atomic mass is 16.2. The number of carbonyl (C=O) groups is 2. The lowest BCUT2D eigenvalue weighted by Crippen LogP contribution is -2.50. The molecular formula is C16H21N2O2. The van der Waals surface area contributed by atoms with Crippen molar-refractivity contribution in [3.8, 4) is 0 Å². The summed E-state index contributed by atoms with van der Waals surface area (Å²) in [6.45, 7) is 0.633. The summed E-state index contributed by atoms with van der Waals surface area (Å²) >= 11 is 0. The van der Waals surface area contributed by atoms with Crippen LogP contribution in [0.5, 0.6) is 0 Å². The summed E-state index contributed by atoms with van der Waals surface area (Å²) < 4.78 is 0. The molecule has 4 heteroatoms. The van der Waals surface area contributed by atoms with Gasteiger partial charge in [-0.2, -0.15) is 0 Å². The molecule has 1 fully saturated rings. The Hall–Kier alpha value is -1.84. The molecule has 4 nitrogen and oxygen atoms in total. The highest BCUT2D eigenvalue weighted by molar-refractivity contribution is 5.88. The fraction of sp³-hybridized carbons (Fsp3) is 0.438. The lowest BCUT2D eigenvalue weighted by Gasteiger charge is -2.33. The van der Waals surface area contributed by atoms with E-state index in [9.17, 15) is 9.59 Å². The highest BCUT2D eigenvalue weighted by Gasteiger charge is 2.30. The molecule has 1 heterocycles. The molecule has 1 atom stereocenters. The van der Waals surface area contributed by atoms with Gasteiger partial charge in [-0.25, -0.2) is 0 Å². The second-order valence-electron chi connectivity index (χ2n) is 5.15. The number of primary amides is 1. The third-order valence-corrected chi connectivity index (χ3v) is 3.64. The third-order valence-electron chi connectivity index (χ3n) is 3.64. The number of hydrogen-bond donors (Lipinski definition) is 1. The predicted molar refractivity (Wildman–Crippen MR) is 77.6 cm³/mol. The first kappa shape index (κ1) is 14.6. The van der Waals surface area contributed by atoms with Crippen LogP contribution in [0.25, 0.3) is 0 Å². The molecule has 2 amide bonds. The van der Waals surface area contributed by atoms with E-state index in [-0.39, 0.29) is 5.91 Å². The van der Waals surface area contributed by atoms with Gasteiger partial charge in [-0.1, -0.05) is 30.3 Å². The number of rotatable bonds is 5. The van der Waals surface area contributed by atoms with Crippen molar-refractivity contribution in [2.24, 2.45) is 5.73 Å². The summed E-state index contributed by atoms with van der Waals surface area (Å²) in [5.74, 6) is -0.401. The maximum atomic E-state index is 12.2. The van der Waals surface area contributed by atoms with Crippen LogP contribution in [0.15, 0.2) is 30.3 Å². The molecule has 1 aliphatic heterocycles. The maximum absolute atomic E-state index is 12.2. The van der Waals surface area contributed by atoms with Gasteiger partial charge in [-0.05, 0) is 37.7 Å². The van der Waals surface area contributed by atoms with Crippen molar-refractivity contribution in [2.45, 2.75) is 38.1 Å². The van der Waals surface area contributed by atoms with E-state index in [1.165, 1.54) is 5.56 Å². The van der Waals surface area contributed by atoms with Crippen molar-refractivity contribution in [1.29, 1.82) is 0 Å². The molecule has 20 heavy (non-hydrogen) atoms.